The van der Waals surface area contributed by atoms with Crippen LogP contribution in [0.25, 0.3) is 0 Å². The SMILES string of the molecule is CCCCC(C(=O)OC)n1nc(CC)c([N+](=O)[O-])c1CC. The van der Waals surface area contributed by atoms with E-state index in [4.69, 9.17) is 4.74 Å². The Morgan fingerprint density at radius 1 is 1.38 bits per heavy atom. The molecule has 1 aromatic heterocycles. The first kappa shape index (κ1) is 17.1. The number of aryl methyl sites for hydroxylation is 1. The van der Waals surface area contributed by atoms with Gasteiger partial charge in [0.05, 0.1) is 12.0 Å². The molecular weight excluding hydrogens is 274 g/mol. The second kappa shape index (κ2) is 7.75. The number of hydrogen-bond donors (Lipinski definition) is 0. The predicted molar refractivity (Wildman–Crippen MR) is 78.2 cm³/mol. The van der Waals surface area contributed by atoms with Crippen LogP contribution in [-0.4, -0.2) is 27.8 Å². The van der Waals surface area contributed by atoms with Crippen LogP contribution in [0, 0.1) is 10.1 Å². The number of rotatable bonds is 8. The van der Waals surface area contributed by atoms with Gasteiger partial charge in [-0.1, -0.05) is 33.6 Å². The lowest BCUT2D eigenvalue weighted by Crippen LogP contribution is -2.24. The van der Waals surface area contributed by atoms with Crippen LogP contribution in [0.1, 0.15) is 57.5 Å². The first-order valence-corrected chi connectivity index (χ1v) is 7.34. The Kier molecular flexibility index (Phi) is 6.33. The van der Waals surface area contributed by atoms with Crippen LogP contribution in [-0.2, 0) is 22.4 Å². The smallest absolute Gasteiger partial charge is 0.330 e. The van der Waals surface area contributed by atoms with Gasteiger partial charge in [-0.2, -0.15) is 5.10 Å². The lowest BCUT2D eigenvalue weighted by atomic mass is 10.1. The van der Waals surface area contributed by atoms with Crippen molar-refractivity contribution in [2.45, 2.75) is 58.9 Å². The Morgan fingerprint density at radius 2 is 2.05 bits per heavy atom. The van der Waals surface area contributed by atoms with Crippen LogP contribution in [0.3, 0.4) is 0 Å². The highest BCUT2D eigenvalue weighted by Gasteiger charge is 2.31. The van der Waals surface area contributed by atoms with Crippen molar-refractivity contribution in [2.24, 2.45) is 0 Å². The summed E-state index contributed by atoms with van der Waals surface area (Å²) in [5.41, 5.74) is 0.941. The third-order valence-electron chi connectivity index (χ3n) is 3.50. The topological polar surface area (TPSA) is 87.3 Å². The van der Waals surface area contributed by atoms with Crippen molar-refractivity contribution < 1.29 is 14.5 Å². The molecule has 1 atom stereocenters. The number of esters is 1. The van der Waals surface area contributed by atoms with E-state index >= 15 is 0 Å². The van der Waals surface area contributed by atoms with Crippen molar-refractivity contribution >= 4 is 11.7 Å². The van der Waals surface area contributed by atoms with Crippen molar-refractivity contribution in [1.82, 2.24) is 9.78 Å². The van der Waals surface area contributed by atoms with E-state index in [9.17, 15) is 14.9 Å². The number of nitrogens with zero attached hydrogens (tertiary/aromatic N) is 3. The van der Waals surface area contributed by atoms with Gasteiger partial charge in [0.15, 0.2) is 0 Å². The minimum absolute atomic E-state index is 0.0328. The Bertz CT molecular complexity index is 511. The van der Waals surface area contributed by atoms with Crippen LogP contribution in [0.2, 0.25) is 0 Å². The number of hydrogen-bond acceptors (Lipinski definition) is 5. The van der Waals surface area contributed by atoms with E-state index in [-0.39, 0.29) is 5.69 Å². The van der Waals surface area contributed by atoms with E-state index in [1.807, 2.05) is 20.8 Å². The summed E-state index contributed by atoms with van der Waals surface area (Å²) in [6, 6.07) is -0.594. The predicted octanol–water partition coefficient (Wildman–Crippen LogP) is 2.82. The molecule has 0 spiro atoms. The third-order valence-corrected chi connectivity index (χ3v) is 3.50. The van der Waals surface area contributed by atoms with Gasteiger partial charge in [-0.05, 0) is 19.3 Å². The fraction of sp³-hybridized carbons (Fsp3) is 0.714. The molecule has 0 N–H and O–H groups in total. The van der Waals surface area contributed by atoms with Gasteiger partial charge in [0.2, 0.25) is 0 Å². The molecule has 0 aliphatic rings. The maximum Gasteiger partial charge on any atom is 0.330 e. The summed E-state index contributed by atoms with van der Waals surface area (Å²) >= 11 is 0. The molecule has 1 heterocycles. The van der Waals surface area contributed by atoms with Crippen molar-refractivity contribution in [1.29, 1.82) is 0 Å². The molecule has 7 nitrogen and oxygen atoms in total. The van der Waals surface area contributed by atoms with Crippen molar-refractivity contribution in [3.05, 3.63) is 21.5 Å². The Morgan fingerprint density at radius 3 is 2.48 bits per heavy atom. The monoisotopic (exact) mass is 297 g/mol. The van der Waals surface area contributed by atoms with Crippen LogP contribution in [0.15, 0.2) is 0 Å². The average molecular weight is 297 g/mol. The zero-order valence-electron chi connectivity index (χ0n) is 13.1. The number of unbranched alkanes of at least 4 members (excludes halogenated alkanes) is 1. The molecule has 1 unspecified atom stereocenters. The molecule has 0 aliphatic heterocycles. The number of carbonyl (C=O) groups excluding carboxylic acids is 1. The molecule has 1 aromatic rings. The van der Waals surface area contributed by atoms with Crippen molar-refractivity contribution in [3.8, 4) is 0 Å². The molecule has 0 aromatic carbocycles. The summed E-state index contributed by atoms with van der Waals surface area (Å²) in [4.78, 5) is 22.9. The molecule has 0 fully saturated rings. The van der Waals surface area contributed by atoms with Gasteiger partial charge < -0.3 is 4.74 Å². The second-order valence-electron chi connectivity index (χ2n) is 4.83. The standard InChI is InChI=1S/C14H23N3O4/c1-5-8-9-12(14(18)21-4)16-11(7-3)13(17(19)20)10(6-2)15-16/h12H,5-9H2,1-4H3. The van der Waals surface area contributed by atoms with Crippen LogP contribution < -0.4 is 0 Å². The van der Waals surface area contributed by atoms with Gasteiger partial charge in [-0.25, -0.2) is 9.48 Å². The van der Waals surface area contributed by atoms with Gasteiger partial charge in [0.1, 0.15) is 17.4 Å². The maximum atomic E-state index is 12.0. The van der Waals surface area contributed by atoms with E-state index in [0.717, 1.165) is 12.8 Å². The molecule has 21 heavy (non-hydrogen) atoms. The van der Waals surface area contributed by atoms with Crippen LogP contribution >= 0.6 is 0 Å². The third kappa shape index (κ3) is 3.59. The summed E-state index contributed by atoms with van der Waals surface area (Å²) in [5.74, 6) is -0.404. The molecule has 0 saturated heterocycles. The molecule has 0 bridgehead atoms. The number of carbonyl (C=O) groups is 1. The van der Waals surface area contributed by atoms with Crippen LogP contribution in [0.5, 0.6) is 0 Å². The minimum Gasteiger partial charge on any atom is -0.467 e. The quantitative estimate of drug-likeness (QED) is 0.418. The van der Waals surface area contributed by atoms with E-state index < -0.39 is 16.9 Å². The molecule has 0 amide bonds. The number of methoxy groups -OCH3 is 1. The largest absolute Gasteiger partial charge is 0.467 e. The first-order valence-electron chi connectivity index (χ1n) is 7.34. The summed E-state index contributed by atoms with van der Waals surface area (Å²) < 4.78 is 6.34. The van der Waals surface area contributed by atoms with Gasteiger partial charge in [-0.15, -0.1) is 0 Å². The average Bonchev–Trinajstić information content (AvgIpc) is 2.85. The Balaban J connectivity index is 3.36. The Labute approximate surface area is 124 Å². The molecule has 0 saturated carbocycles. The molecule has 0 radical (unpaired) electrons. The van der Waals surface area contributed by atoms with Gasteiger partial charge in [0.25, 0.3) is 0 Å². The molecule has 118 valence electrons. The summed E-state index contributed by atoms with van der Waals surface area (Å²) in [5, 5.41) is 15.6. The number of nitro groups is 1. The normalized spacial score (nSPS) is 12.2. The van der Waals surface area contributed by atoms with E-state index in [1.54, 1.807) is 0 Å². The van der Waals surface area contributed by atoms with E-state index in [0.29, 0.717) is 30.7 Å². The highest BCUT2D eigenvalue weighted by molar-refractivity contribution is 5.74. The molecule has 0 aliphatic carbocycles. The Hall–Kier alpha value is -1.92. The maximum absolute atomic E-state index is 12.0. The van der Waals surface area contributed by atoms with Crippen LogP contribution in [0.4, 0.5) is 5.69 Å². The van der Waals surface area contributed by atoms with Gasteiger partial charge in [0, 0.05) is 0 Å². The fourth-order valence-electron chi connectivity index (χ4n) is 2.42. The number of aromatic nitrogens is 2. The lowest BCUT2D eigenvalue weighted by Gasteiger charge is -2.16. The highest BCUT2D eigenvalue weighted by Crippen LogP contribution is 2.29. The summed E-state index contributed by atoms with van der Waals surface area (Å²) in [6.07, 6.45) is 3.23. The lowest BCUT2D eigenvalue weighted by molar-refractivity contribution is -0.386. The van der Waals surface area contributed by atoms with Gasteiger partial charge >= 0.3 is 11.7 Å². The first-order chi connectivity index (χ1) is 10.0. The summed E-state index contributed by atoms with van der Waals surface area (Å²) in [7, 11) is 1.32. The van der Waals surface area contributed by atoms with Crippen molar-refractivity contribution in [3.63, 3.8) is 0 Å². The second-order valence-corrected chi connectivity index (χ2v) is 4.83. The van der Waals surface area contributed by atoms with Gasteiger partial charge in [-0.3, -0.25) is 10.1 Å². The molecule has 1 rings (SSSR count). The van der Waals surface area contributed by atoms with E-state index in [2.05, 4.69) is 5.10 Å². The number of ether oxygens (including phenoxy) is 1. The molecule has 7 heteroatoms. The fourth-order valence-corrected chi connectivity index (χ4v) is 2.42. The molecular formula is C14H23N3O4. The minimum atomic E-state index is -0.594. The van der Waals surface area contributed by atoms with Crippen molar-refractivity contribution in [2.75, 3.05) is 7.11 Å². The summed E-state index contributed by atoms with van der Waals surface area (Å²) in [6.45, 7) is 5.67. The zero-order valence-corrected chi connectivity index (χ0v) is 13.1. The zero-order chi connectivity index (χ0) is 16.0. The highest BCUT2D eigenvalue weighted by atomic mass is 16.6. The van der Waals surface area contributed by atoms with E-state index in [1.165, 1.54) is 11.8 Å².